The van der Waals surface area contributed by atoms with Gasteiger partial charge in [0, 0.05) is 40.1 Å². The van der Waals surface area contributed by atoms with Gasteiger partial charge in [0.15, 0.2) is 5.65 Å². The largest absolute Gasteiger partial charge is 0.371 e. The molecule has 0 aliphatic carbocycles. The van der Waals surface area contributed by atoms with Gasteiger partial charge in [-0.25, -0.2) is 9.50 Å². The lowest BCUT2D eigenvalue weighted by molar-refractivity contribution is 0.949. The zero-order valence-corrected chi connectivity index (χ0v) is 16.6. The van der Waals surface area contributed by atoms with Crippen molar-refractivity contribution in [2.75, 3.05) is 18.0 Å². The molecule has 0 spiro atoms. The van der Waals surface area contributed by atoms with Crippen LogP contribution < -0.4 is 4.90 Å². The smallest absolute Gasteiger partial charge is 0.162 e. The van der Waals surface area contributed by atoms with Crippen molar-refractivity contribution in [3.8, 4) is 11.3 Å². The van der Waals surface area contributed by atoms with Crippen LogP contribution >= 0.6 is 11.6 Å². The summed E-state index contributed by atoms with van der Waals surface area (Å²) in [6.45, 7) is 2.24. The van der Waals surface area contributed by atoms with Crippen molar-refractivity contribution in [3.63, 3.8) is 0 Å². The Kier molecular flexibility index (Phi) is 3.74. The predicted octanol–water partition coefficient (Wildman–Crippen LogP) is 5.96. The summed E-state index contributed by atoms with van der Waals surface area (Å²) in [4.78, 5) is 7.37. The topological polar surface area (TPSA) is 33.4 Å². The maximum atomic E-state index is 6.11. The van der Waals surface area contributed by atoms with Gasteiger partial charge in [0.25, 0.3) is 0 Å². The van der Waals surface area contributed by atoms with Crippen LogP contribution in [-0.2, 0) is 0 Å². The highest BCUT2D eigenvalue weighted by atomic mass is 35.5. The first-order chi connectivity index (χ1) is 14.3. The Morgan fingerprint density at radius 3 is 2.38 bits per heavy atom. The molecule has 6 rings (SSSR count). The minimum Gasteiger partial charge on any atom is -0.371 e. The second-order valence-corrected chi connectivity index (χ2v) is 8.05. The number of fused-ring (bicyclic) bond motifs is 5. The predicted molar refractivity (Wildman–Crippen MR) is 120 cm³/mol. The fourth-order valence-corrected chi connectivity index (χ4v) is 4.48. The highest BCUT2D eigenvalue weighted by molar-refractivity contribution is 6.30. The standard InChI is InChI=1S/C24H19ClN4/c25-17-9-7-16(8-10-17)23-19-5-1-2-6-20(19)24-26-21-12-11-18(28-13-3-4-14-28)15-22(21)29(24)27-23/h1-2,5-12,15H,3-4,13-14H2. The van der Waals surface area contributed by atoms with Crippen molar-refractivity contribution < 1.29 is 0 Å². The Morgan fingerprint density at radius 1 is 0.828 bits per heavy atom. The number of benzene rings is 3. The molecule has 1 aliphatic heterocycles. The minimum atomic E-state index is 0.725. The van der Waals surface area contributed by atoms with E-state index in [9.17, 15) is 0 Å². The molecule has 29 heavy (non-hydrogen) atoms. The van der Waals surface area contributed by atoms with E-state index in [1.54, 1.807) is 0 Å². The zero-order valence-electron chi connectivity index (χ0n) is 15.8. The van der Waals surface area contributed by atoms with Crippen LogP contribution in [0.15, 0.2) is 66.7 Å². The molecule has 2 aromatic heterocycles. The summed E-state index contributed by atoms with van der Waals surface area (Å²) in [6.07, 6.45) is 2.52. The van der Waals surface area contributed by atoms with Crippen LogP contribution in [0.4, 0.5) is 5.69 Å². The Labute approximate surface area is 173 Å². The van der Waals surface area contributed by atoms with Crippen molar-refractivity contribution in [2.24, 2.45) is 0 Å². The molecule has 0 saturated carbocycles. The maximum Gasteiger partial charge on any atom is 0.162 e. The van der Waals surface area contributed by atoms with Gasteiger partial charge in [0.1, 0.15) is 0 Å². The molecular formula is C24H19ClN4. The third-order valence-corrected chi connectivity index (χ3v) is 6.08. The molecule has 0 unspecified atom stereocenters. The maximum absolute atomic E-state index is 6.11. The third-order valence-electron chi connectivity index (χ3n) is 5.83. The number of halogens is 1. The minimum absolute atomic E-state index is 0.725. The first kappa shape index (κ1) is 16.8. The van der Waals surface area contributed by atoms with Crippen molar-refractivity contribution in [1.29, 1.82) is 0 Å². The monoisotopic (exact) mass is 398 g/mol. The average Bonchev–Trinajstić information content (AvgIpc) is 3.42. The molecule has 0 amide bonds. The molecule has 0 radical (unpaired) electrons. The summed E-state index contributed by atoms with van der Waals surface area (Å²) in [7, 11) is 0. The molecule has 1 fully saturated rings. The number of hydrogen-bond donors (Lipinski definition) is 0. The van der Waals surface area contributed by atoms with E-state index in [0.717, 1.165) is 56.8 Å². The number of aromatic nitrogens is 3. The van der Waals surface area contributed by atoms with Gasteiger partial charge in [-0.3, -0.25) is 0 Å². The van der Waals surface area contributed by atoms with Crippen LogP contribution in [0.5, 0.6) is 0 Å². The fraction of sp³-hybridized carbons (Fsp3) is 0.167. The van der Waals surface area contributed by atoms with Crippen LogP contribution in [0, 0.1) is 0 Å². The van der Waals surface area contributed by atoms with E-state index in [1.807, 2.05) is 34.8 Å². The Morgan fingerprint density at radius 2 is 1.59 bits per heavy atom. The summed E-state index contributed by atoms with van der Waals surface area (Å²) in [6, 6.07) is 22.8. The van der Waals surface area contributed by atoms with Crippen LogP contribution in [0.25, 0.3) is 38.7 Å². The molecule has 0 N–H and O–H groups in total. The van der Waals surface area contributed by atoms with Crippen molar-refractivity contribution >= 4 is 44.7 Å². The van der Waals surface area contributed by atoms with Crippen LogP contribution in [-0.4, -0.2) is 27.7 Å². The van der Waals surface area contributed by atoms with Gasteiger partial charge in [-0.15, -0.1) is 0 Å². The SMILES string of the molecule is Clc1ccc(-c2nn3c4cc(N5CCCC5)ccc4nc3c3ccccc23)cc1. The number of anilines is 1. The van der Waals surface area contributed by atoms with E-state index in [2.05, 4.69) is 41.3 Å². The molecule has 0 atom stereocenters. The Hall–Kier alpha value is -3.11. The molecule has 1 saturated heterocycles. The summed E-state index contributed by atoms with van der Waals surface area (Å²) in [5.41, 5.74) is 6.15. The second kappa shape index (κ2) is 6.46. The van der Waals surface area contributed by atoms with E-state index >= 15 is 0 Å². The lowest BCUT2D eigenvalue weighted by Crippen LogP contribution is -2.17. The van der Waals surface area contributed by atoms with Gasteiger partial charge in [0.05, 0.1) is 16.7 Å². The molecule has 5 heteroatoms. The molecule has 3 heterocycles. The van der Waals surface area contributed by atoms with Gasteiger partial charge in [0.2, 0.25) is 0 Å². The van der Waals surface area contributed by atoms with E-state index in [4.69, 9.17) is 21.7 Å². The molecule has 0 bridgehead atoms. The quantitative estimate of drug-likeness (QED) is 0.368. The molecule has 1 aliphatic rings. The molecular weight excluding hydrogens is 380 g/mol. The molecule has 5 aromatic rings. The number of nitrogens with zero attached hydrogens (tertiary/aromatic N) is 4. The van der Waals surface area contributed by atoms with Gasteiger partial charge >= 0.3 is 0 Å². The summed E-state index contributed by atoms with van der Waals surface area (Å²) in [5, 5.41) is 7.97. The van der Waals surface area contributed by atoms with E-state index in [-0.39, 0.29) is 0 Å². The first-order valence-electron chi connectivity index (χ1n) is 10.00. The van der Waals surface area contributed by atoms with Gasteiger partial charge < -0.3 is 4.90 Å². The normalized spacial score (nSPS) is 14.4. The van der Waals surface area contributed by atoms with Crippen LogP contribution in [0.3, 0.4) is 0 Å². The lowest BCUT2D eigenvalue weighted by Gasteiger charge is -2.17. The number of imidazole rings is 1. The van der Waals surface area contributed by atoms with Crippen molar-refractivity contribution in [1.82, 2.24) is 14.6 Å². The van der Waals surface area contributed by atoms with Gasteiger partial charge in [-0.2, -0.15) is 5.10 Å². The number of rotatable bonds is 2. The first-order valence-corrected chi connectivity index (χ1v) is 10.4. The van der Waals surface area contributed by atoms with Crippen molar-refractivity contribution in [3.05, 3.63) is 71.8 Å². The summed E-state index contributed by atoms with van der Waals surface area (Å²) in [5.74, 6) is 0. The van der Waals surface area contributed by atoms with Gasteiger partial charge in [-0.05, 0) is 43.2 Å². The van der Waals surface area contributed by atoms with Crippen molar-refractivity contribution in [2.45, 2.75) is 12.8 Å². The second-order valence-electron chi connectivity index (χ2n) is 7.62. The fourth-order valence-electron chi connectivity index (χ4n) is 4.36. The lowest BCUT2D eigenvalue weighted by atomic mass is 10.1. The van der Waals surface area contributed by atoms with Gasteiger partial charge in [-0.1, -0.05) is 48.0 Å². The number of hydrogen-bond acceptors (Lipinski definition) is 3. The van der Waals surface area contributed by atoms with E-state index in [0.29, 0.717) is 0 Å². The Bertz CT molecular complexity index is 1370. The molecule has 3 aromatic carbocycles. The zero-order chi connectivity index (χ0) is 19.4. The van der Waals surface area contributed by atoms with E-state index < -0.39 is 0 Å². The highest BCUT2D eigenvalue weighted by Gasteiger charge is 2.17. The van der Waals surface area contributed by atoms with Crippen LogP contribution in [0.1, 0.15) is 12.8 Å². The summed E-state index contributed by atoms with van der Waals surface area (Å²) >= 11 is 6.11. The third kappa shape index (κ3) is 2.67. The average molecular weight is 399 g/mol. The molecule has 4 nitrogen and oxygen atoms in total. The molecule has 142 valence electrons. The summed E-state index contributed by atoms with van der Waals surface area (Å²) < 4.78 is 2.00. The van der Waals surface area contributed by atoms with Crippen LogP contribution in [0.2, 0.25) is 5.02 Å². The van der Waals surface area contributed by atoms with E-state index in [1.165, 1.54) is 18.5 Å². The Balaban J connectivity index is 1.67. The highest BCUT2D eigenvalue weighted by Crippen LogP contribution is 2.32.